The number of carbonyl (C=O) groups is 2. The molecule has 29 heavy (non-hydrogen) atoms. The molecule has 1 aromatic heterocycles. The number of benzene rings is 2. The van der Waals surface area contributed by atoms with Crippen molar-refractivity contribution < 1.29 is 9.59 Å². The minimum absolute atomic E-state index is 0.0593. The van der Waals surface area contributed by atoms with Gasteiger partial charge in [0.1, 0.15) is 5.69 Å². The van der Waals surface area contributed by atoms with Crippen molar-refractivity contribution in [1.29, 1.82) is 0 Å². The summed E-state index contributed by atoms with van der Waals surface area (Å²) in [7, 11) is 0. The van der Waals surface area contributed by atoms with Crippen LogP contribution >= 0.6 is 0 Å². The number of hydrogen-bond donors (Lipinski definition) is 2. The lowest BCUT2D eigenvalue weighted by Gasteiger charge is -2.09. The number of rotatable bonds is 6. The maximum Gasteiger partial charge on any atom is 0.276 e. The van der Waals surface area contributed by atoms with Gasteiger partial charge in [-0.25, -0.2) is 4.68 Å². The van der Waals surface area contributed by atoms with Gasteiger partial charge in [-0.3, -0.25) is 14.4 Å². The van der Waals surface area contributed by atoms with E-state index in [1.165, 1.54) is 12.1 Å². The summed E-state index contributed by atoms with van der Waals surface area (Å²) in [5.41, 5.74) is 3.17. The van der Waals surface area contributed by atoms with Crippen molar-refractivity contribution in [2.75, 3.05) is 10.6 Å². The van der Waals surface area contributed by atoms with Crippen molar-refractivity contribution in [3.05, 3.63) is 87.8 Å². The Morgan fingerprint density at radius 3 is 2.38 bits per heavy atom. The number of carbonyl (C=O) groups excluding carboxylic acids is 2. The van der Waals surface area contributed by atoms with Crippen molar-refractivity contribution in [3.63, 3.8) is 0 Å². The van der Waals surface area contributed by atoms with Crippen molar-refractivity contribution in [2.45, 2.75) is 26.8 Å². The van der Waals surface area contributed by atoms with E-state index in [-0.39, 0.29) is 30.1 Å². The monoisotopic (exact) mass is 390 g/mol. The predicted molar refractivity (Wildman–Crippen MR) is 112 cm³/mol. The molecule has 0 spiro atoms. The predicted octanol–water partition coefficient (Wildman–Crippen LogP) is 3.14. The van der Waals surface area contributed by atoms with E-state index in [1.54, 1.807) is 6.07 Å². The molecular formula is C22H22N4O3. The van der Waals surface area contributed by atoms with Gasteiger partial charge in [-0.1, -0.05) is 29.8 Å². The van der Waals surface area contributed by atoms with E-state index < -0.39 is 5.91 Å². The lowest BCUT2D eigenvalue weighted by atomic mass is 10.2. The van der Waals surface area contributed by atoms with Crippen LogP contribution in [0.1, 0.15) is 28.0 Å². The number of hydrogen-bond acceptors (Lipinski definition) is 4. The van der Waals surface area contributed by atoms with Crippen LogP contribution in [0.5, 0.6) is 0 Å². The Kier molecular flexibility index (Phi) is 6.19. The maximum absolute atomic E-state index is 12.4. The fourth-order valence-electron chi connectivity index (χ4n) is 2.72. The van der Waals surface area contributed by atoms with E-state index in [0.717, 1.165) is 15.8 Å². The zero-order valence-electron chi connectivity index (χ0n) is 16.3. The molecule has 0 saturated heterocycles. The van der Waals surface area contributed by atoms with Gasteiger partial charge in [0.25, 0.3) is 11.5 Å². The van der Waals surface area contributed by atoms with Gasteiger partial charge in [0, 0.05) is 23.9 Å². The standard InChI is InChI=1S/C22H22N4O3/c1-15-6-8-17(9-7-15)23-20(27)12-13-26-21(28)11-10-19(25-26)22(29)24-18-5-3-4-16(2)14-18/h3-11,14H,12-13H2,1-2H3,(H,23,27)(H,24,29). The third-order valence-corrected chi connectivity index (χ3v) is 4.26. The van der Waals surface area contributed by atoms with E-state index in [0.29, 0.717) is 11.4 Å². The van der Waals surface area contributed by atoms with Crippen LogP contribution in [-0.4, -0.2) is 21.6 Å². The molecule has 7 nitrogen and oxygen atoms in total. The molecule has 1 heterocycles. The topological polar surface area (TPSA) is 93.1 Å². The van der Waals surface area contributed by atoms with Gasteiger partial charge in [-0.2, -0.15) is 5.10 Å². The number of aryl methyl sites for hydroxylation is 3. The highest BCUT2D eigenvalue weighted by Crippen LogP contribution is 2.11. The molecular weight excluding hydrogens is 368 g/mol. The summed E-state index contributed by atoms with van der Waals surface area (Å²) in [6.45, 7) is 3.96. The highest BCUT2D eigenvalue weighted by molar-refractivity contribution is 6.02. The molecule has 0 saturated carbocycles. The summed E-state index contributed by atoms with van der Waals surface area (Å²) < 4.78 is 1.12. The Hall–Kier alpha value is -3.74. The second kappa shape index (κ2) is 8.97. The molecule has 2 amide bonds. The second-order valence-corrected chi connectivity index (χ2v) is 6.77. The van der Waals surface area contributed by atoms with Gasteiger partial charge in [-0.05, 0) is 49.7 Å². The number of nitrogens with one attached hydrogen (secondary N) is 2. The van der Waals surface area contributed by atoms with Crippen LogP contribution in [0.2, 0.25) is 0 Å². The molecule has 0 atom stereocenters. The molecule has 0 fully saturated rings. The summed E-state index contributed by atoms with van der Waals surface area (Å²) in [5.74, 6) is -0.661. The van der Waals surface area contributed by atoms with Gasteiger partial charge in [0.15, 0.2) is 0 Å². The molecule has 2 N–H and O–H groups in total. The first-order valence-electron chi connectivity index (χ1n) is 9.23. The minimum Gasteiger partial charge on any atom is -0.326 e. The highest BCUT2D eigenvalue weighted by atomic mass is 16.2. The molecule has 0 aliphatic heterocycles. The number of anilines is 2. The van der Waals surface area contributed by atoms with Crippen molar-refractivity contribution in [1.82, 2.24) is 9.78 Å². The molecule has 0 unspecified atom stereocenters. The maximum atomic E-state index is 12.4. The van der Waals surface area contributed by atoms with Gasteiger partial charge in [0.05, 0.1) is 6.54 Å². The van der Waals surface area contributed by atoms with E-state index in [2.05, 4.69) is 15.7 Å². The van der Waals surface area contributed by atoms with Gasteiger partial charge in [0.2, 0.25) is 5.91 Å². The number of aromatic nitrogens is 2. The van der Waals surface area contributed by atoms with Crippen molar-refractivity contribution in [2.24, 2.45) is 0 Å². The Labute approximate surface area is 168 Å². The zero-order valence-corrected chi connectivity index (χ0v) is 16.3. The highest BCUT2D eigenvalue weighted by Gasteiger charge is 2.11. The molecule has 3 rings (SSSR count). The summed E-state index contributed by atoms with van der Waals surface area (Å²) in [6.07, 6.45) is 0.0593. The number of amides is 2. The van der Waals surface area contributed by atoms with Gasteiger partial charge in [-0.15, -0.1) is 0 Å². The molecule has 0 bridgehead atoms. The fraction of sp³-hybridized carbons (Fsp3) is 0.182. The first kappa shape index (κ1) is 20.0. The van der Waals surface area contributed by atoms with Crippen LogP contribution in [-0.2, 0) is 11.3 Å². The average molecular weight is 390 g/mol. The summed E-state index contributed by atoms with van der Waals surface area (Å²) >= 11 is 0. The molecule has 0 aliphatic rings. The molecule has 2 aromatic carbocycles. The van der Waals surface area contributed by atoms with E-state index in [9.17, 15) is 14.4 Å². The number of nitrogens with zero attached hydrogens (tertiary/aromatic N) is 2. The van der Waals surface area contributed by atoms with E-state index in [1.807, 2.05) is 56.3 Å². The normalized spacial score (nSPS) is 10.4. The van der Waals surface area contributed by atoms with Crippen molar-refractivity contribution in [3.8, 4) is 0 Å². The van der Waals surface area contributed by atoms with E-state index >= 15 is 0 Å². The quantitative estimate of drug-likeness (QED) is 0.676. The Morgan fingerprint density at radius 2 is 1.66 bits per heavy atom. The summed E-state index contributed by atoms with van der Waals surface area (Å²) in [6, 6.07) is 17.4. The summed E-state index contributed by atoms with van der Waals surface area (Å²) in [5, 5.41) is 9.62. The van der Waals surface area contributed by atoms with Gasteiger partial charge >= 0.3 is 0 Å². The Bertz CT molecular complexity index is 1090. The molecule has 0 aliphatic carbocycles. The zero-order chi connectivity index (χ0) is 20.8. The first-order valence-corrected chi connectivity index (χ1v) is 9.23. The Morgan fingerprint density at radius 1 is 0.897 bits per heavy atom. The SMILES string of the molecule is Cc1ccc(NC(=O)CCn2nc(C(=O)Nc3cccc(C)c3)ccc2=O)cc1. The smallest absolute Gasteiger partial charge is 0.276 e. The largest absolute Gasteiger partial charge is 0.326 e. The van der Waals surface area contributed by atoms with Gasteiger partial charge < -0.3 is 10.6 Å². The Balaban J connectivity index is 1.64. The molecule has 148 valence electrons. The molecule has 3 aromatic rings. The fourth-order valence-corrected chi connectivity index (χ4v) is 2.72. The van der Waals surface area contributed by atoms with E-state index in [4.69, 9.17) is 0 Å². The second-order valence-electron chi connectivity index (χ2n) is 6.77. The third-order valence-electron chi connectivity index (χ3n) is 4.26. The van der Waals surface area contributed by atoms with Crippen LogP contribution in [0.25, 0.3) is 0 Å². The van der Waals surface area contributed by atoms with Crippen LogP contribution in [0.4, 0.5) is 11.4 Å². The first-order chi connectivity index (χ1) is 13.9. The minimum atomic E-state index is -0.423. The van der Waals surface area contributed by atoms with Crippen LogP contribution < -0.4 is 16.2 Å². The third kappa shape index (κ3) is 5.62. The molecule has 7 heteroatoms. The lowest BCUT2D eigenvalue weighted by molar-refractivity contribution is -0.116. The van der Waals surface area contributed by atoms with Crippen LogP contribution in [0.15, 0.2) is 65.5 Å². The van der Waals surface area contributed by atoms with Crippen molar-refractivity contribution >= 4 is 23.2 Å². The lowest BCUT2D eigenvalue weighted by Crippen LogP contribution is -2.28. The average Bonchev–Trinajstić information content (AvgIpc) is 2.69. The van der Waals surface area contributed by atoms with Crippen LogP contribution in [0.3, 0.4) is 0 Å². The molecule has 0 radical (unpaired) electrons. The summed E-state index contributed by atoms with van der Waals surface area (Å²) in [4.78, 5) is 36.6. The van der Waals surface area contributed by atoms with Crippen LogP contribution in [0, 0.1) is 13.8 Å².